The molecular weight excluding hydrogens is 461 g/mol. The molecule has 1 atom stereocenters. The molecule has 0 aliphatic carbocycles. The Morgan fingerprint density at radius 2 is 1.77 bits per heavy atom. The van der Waals surface area contributed by atoms with E-state index >= 15 is 0 Å². The van der Waals surface area contributed by atoms with E-state index in [-0.39, 0.29) is 23.3 Å². The molecule has 2 fully saturated rings. The van der Waals surface area contributed by atoms with Crippen LogP contribution in [0.4, 0.5) is 4.39 Å². The van der Waals surface area contributed by atoms with Crippen molar-refractivity contribution in [2.45, 2.75) is 24.3 Å². The Kier molecular flexibility index (Phi) is 6.98. The highest BCUT2D eigenvalue weighted by molar-refractivity contribution is 7.89. The van der Waals surface area contributed by atoms with Gasteiger partial charge in [-0.15, -0.1) is 11.3 Å². The van der Waals surface area contributed by atoms with Crippen LogP contribution in [0.25, 0.3) is 0 Å². The summed E-state index contributed by atoms with van der Waals surface area (Å²) in [6.07, 6.45) is 1.32. The van der Waals surface area contributed by atoms with Crippen molar-refractivity contribution < 1.29 is 17.6 Å². The molecule has 0 bridgehead atoms. The highest BCUT2D eigenvalue weighted by atomic mass is 35.5. The van der Waals surface area contributed by atoms with E-state index < -0.39 is 15.8 Å². The third kappa shape index (κ3) is 5.28. The van der Waals surface area contributed by atoms with E-state index in [0.29, 0.717) is 32.5 Å². The molecule has 1 amide bonds. The number of thiophene rings is 1. The second-order valence-electron chi connectivity index (χ2n) is 7.96. The molecule has 3 heterocycles. The molecule has 2 aliphatic rings. The van der Waals surface area contributed by atoms with Crippen molar-refractivity contribution in [3.63, 3.8) is 0 Å². The third-order valence-corrected chi connectivity index (χ3v) is 8.97. The molecule has 1 aromatic carbocycles. The Bertz CT molecular complexity index is 1020. The molecule has 0 N–H and O–H groups in total. The summed E-state index contributed by atoms with van der Waals surface area (Å²) in [5.74, 6) is -0.795. The standard InChI is InChI=1S/C21H25ClFN3O3S2/c22-20-8-5-18(30-20)15-24-10-12-25(13-11-24)21(27)16-2-1-9-26(14-16)31(28,29)19-6-3-17(23)4-7-19/h3-8,16H,1-2,9-15H2/t16-/m0/s1. The topological polar surface area (TPSA) is 60.9 Å². The van der Waals surface area contributed by atoms with Gasteiger partial charge in [0.1, 0.15) is 5.82 Å². The number of carbonyl (C=O) groups excluding carboxylic acids is 1. The molecule has 10 heteroatoms. The quantitative estimate of drug-likeness (QED) is 0.652. The van der Waals surface area contributed by atoms with Crippen LogP contribution in [0.1, 0.15) is 17.7 Å². The van der Waals surface area contributed by atoms with Crippen LogP contribution in [0.15, 0.2) is 41.3 Å². The number of halogens is 2. The predicted octanol–water partition coefficient (Wildman–Crippen LogP) is 3.29. The Morgan fingerprint density at radius 3 is 2.42 bits per heavy atom. The van der Waals surface area contributed by atoms with Crippen LogP contribution < -0.4 is 0 Å². The van der Waals surface area contributed by atoms with Crippen molar-refractivity contribution in [2.24, 2.45) is 5.92 Å². The minimum Gasteiger partial charge on any atom is -0.340 e. The van der Waals surface area contributed by atoms with E-state index in [1.54, 1.807) is 11.3 Å². The number of benzene rings is 1. The van der Waals surface area contributed by atoms with Crippen molar-refractivity contribution in [1.29, 1.82) is 0 Å². The highest BCUT2D eigenvalue weighted by Crippen LogP contribution is 2.26. The third-order valence-electron chi connectivity index (χ3n) is 5.88. The first-order chi connectivity index (χ1) is 14.8. The summed E-state index contributed by atoms with van der Waals surface area (Å²) in [5, 5.41) is 0. The number of carbonyl (C=O) groups is 1. The minimum absolute atomic E-state index is 0.0258. The fraction of sp³-hybridized carbons (Fsp3) is 0.476. The average molecular weight is 486 g/mol. The number of piperidine rings is 1. The fourth-order valence-electron chi connectivity index (χ4n) is 4.16. The second-order valence-corrected chi connectivity index (χ2v) is 11.7. The monoisotopic (exact) mass is 485 g/mol. The number of rotatable bonds is 5. The Balaban J connectivity index is 1.34. The largest absolute Gasteiger partial charge is 0.340 e. The van der Waals surface area contributed by atoms with Gasteiger partial charge in [-0.1, -0.05) is 11.6 Å². The summed E-state index contributed by atoms with van der Waals surface area (Å²) < 4.78 is 41.2. The molecule has 168 valence electrons. The number of hydrogen-bond donors (Lipinski definition) is 0. The molecule has 2 saturated heterocycles. The molecule has 2 aliphatic heterocycles. The summed E-state index contributed by atoms with van der Waals surface area (Å²) in [6.45, 7) is 4.22. The molecule has 0 spiro atoms. The van der Waals surface area contributed by atoms with Gasteiger partial charge in [-0.05, 0) is 49.2 Å². The number of sulfonamides is 1. The van der Waals surface area contributed by atoms with Gasteiger partial charge in [-0.2, -0.15) is 4.31 Å². The maximum absolute atomic E-state index is 13.2. The van der Waals surface area contributed by atoms with Crippen molar-refractivity contribution >= 4 is 38.9 Å². The zero-order valence-electron chi connectivity index (χ0n) is 17.0. The molecule has 0 unspecified atom stereocenters. The maximum atomic E-state index is 13.2. The first-order valence-corrected chi connectivity index (χ1v) is 13.0. The zero-order valence-corrected chi connectivity index (χ0v) is 19.4. The number of amides is 1. The summed E-state index contributed by atoms with van der Waals surface area (Å²) >= 11 is 7.57. The van der Waals surface area contributed by atoms with Crippen molar-refractivity contribution in [3.8, 4) is 0 Å². The van der Waals surface area contributed by atoms with Crippen LogP contribution in [0.5, 0.6) is 0 Å². The van der Waals surface area contributed by atoms with E-state index in [9.17, 15) is 17.6 Å². The predicted molar refractivity (Wildman–Crippen MR) is 119 cm³/mol. The van der Waals surface area contributed by atoms with Gasteiger partial charge in [-0.3, -0.25) is 9.69 Å². The lowest BCUT2D eigenvalue weighted by Crippen LogP contribution is -2.52. The van der Waals surface area contributed by atoms with E-state index in [1.165, 1.54) is 21.3 Å². The molecule has 1 aromatic heterocycles. The molecule has 31 heavy (non-hydrogen) atoms. The first kappa shape index (κ1) is 22.7. The Morgan fingerprint density at radius 1 is 1.06 bits per heavy atom. The lowest BCUT2D eigenvalue weighted by molar-refractivity contribution is -0.138. The van der Waals surface area contributed by atoms with E-state index in [4.69, 9.17) is 11.6 Å². The number of hydrogen-bond acceptors (Lipinski definition) is 5. The maximum Gasteiger partial charge on any atom is 0.243 e. The van der Waals surface area contributed by atoms with Crippen LogP contribution >= 0.6 is 22.9 Å². The zero-order chi connectivity index (χ0) is 22.0. The van der Waals surface area contributed by atoms with Crippen LogP contribution in [0.3, 0.4) is 0 Å². The molecule has 6 nitrogen and oxygen atoms in total. The Labute approximate surface area is 191 Å². The first-order valence-electron chi connectivity index (χ1n) is 10.3. The van der Waals surface area contributed by atoms with Crippen molar-refractivity contribution in [1.82, 2.24) is 14.1 Å². The molecule has 0 saturated carbocycles. The summed E-state index contributed by atoms with van der Waals surface area (Å²) in [4.78, 5) is 18.5. The van der Waals surface area contributed by atoms with E-state index in [1.807, 2.05) is 17.0 Å². The summed E-state index contributed by atoms with van der Waals surface area (Å²) in [6, 6.07) is 8.76. The molecular formula is C21H25ClFN3O3S2. The van der Waals surface area contributed by atoms with Gasteiger partial charge in [0.15, 0.2) is 0 Å². The Hall–Kier alpha value is -1.52. The fourth-order valence-corrected chi connectivity index (χ4v) is 6.81. The van der Waals surface area contributed by atoms with Crippen LogP contribution in [0.2, 0.25) is 4.34 Å². The summed E-state index contributed by atoms with van der Waals surface area (Å²) in [5.41, 5.74) is 0. The number of nitrogens with zero attached hydrogens (tertiary/aromatic N) is 3. The highest BCUT2D eigenvalue weighted by Gasteiger charge is 2.35. The lowest BCUT2D eigenvalue weighted by Gasteiger charge is -2.38. The average Bonchev–Trinajstić information content (AvgIpc) is 3.18. The van der Waals surface area contributed by atoms with Crippen molar-refractivity contribution in [2.75, 3.05) is 39.3 Å². The van der Waals surface area contributed by atoms with Gasteiger partial charge in [0.25, 0.3) is 0 Å². The molecule has 0 radical (unpaired) electrons. The normalized spacial score (nSPS) is 21.4. The number of piperazine rings is 1. The van der Waals surface area contributed by atoms with Gasteiger partial charge in [0, 0.05) is 50.7 Å². The SMILES string of the molecule is O=C([C@H]1CCCN(S(=O)(=O)c2ccc(F)cc2)C1)N1CCN(Cc2ccc(Cl)s2)CC1. The van der Waals surface area contributed by atoms with Gasteiger partial charge < -0.3 is 4.90 Å². The second kappa shape index (κ2) is 9.54. The minimum atomic E-state index is -3.74. The summed E-state index contributed by atoms with van der Waals surface area (Å²) in [7, 11) is -3.74. The van der Waals surface area contributed by atoms with Gasteiger partial charge in [-0.25, -0.2) is 12.8 Å². The van der Waals surface area contributed by atoms with Gasteiger partial charge in [0.05, 0.1) is 15.1 Å². The van der Waals surface area contributed by atoms with E-state index in [0.717, 1.165) is 36.1 Å². The molecule has 4 rings (SSSR count). The van der Waals surface area contributed by atoms with Crippen LogP contribution in [-0.4, -0.2) is 67.7 Å². The van der Waals surface area contributed by atoms with Crippen LogP contribution in [-0.2, 0) is 21.4 Å². The smallest absolute Gasteiger partial charge is 0.243 e. The lowest BCUT2D eigenvalue weighted by atomic mass is 9.98. The van der Waals surface area contributed by atoms with Gasteiger partial charge >= 0.3 is 0 Å². The van der Waals surface area contributed by atoms with E-state index in [2.05, 4.69) is 4.90 Å². The van der Waals surface area contributed by atoms with Gasteiger partial charge in [0.2, 0.25) is 15.9 Å². The van der Waals surface area contributed by atoms with Crippen molar-refractivity contribution in [3.05, 3.63) is 51.4 Å². The van der Waals surface area contributed by atoms with Crippen LogP contribution in [0, 0.1) is 11.7 Å². The molecule has 2 aromatic rings.